The number of anilines is 2. The summed E-state index contributed by atoms with van der Waals surface area (Å²) in [7, 11) is 0. The predicted molar refractivity (Wildman–Crippen MR) is 76.0 cm³/mol. The molecule has 0 spiro atoms. The molecule has 20 heavy (non-hydrogen) atoms. The zero-order valence-corrected chi connectivity index (χ0v) is 11.0. The van der Waals surface area contributed by atoms with E-state index in [2.05, 4.69) is 5.32 Å². The van der Waals surface area contributed by atoms with Crippen LogP contribution in [0.2, 0.25) is 0 Å². The average Bonchev–Trinajstić information content (AvgIpc) is 2.38. The van der Waals surface area contributed by atoms with Crippen molar-refractivity contribution < 1.29 is 13.9 Å². The van der Waals surface area contributed by atoms with Crippen LogP contribution in [-0.2, 0) is 4.79 Å². The highest BCUT2D eigenvalue weighted by molar-refractivity contribution is 5.94. The van der Waals surface area contributed by atoms with Crippen LogP contribution < -0.4 is 15.8 Å². The number of hydrogen-bond donors (Lipinski definition) is 2. The van der Waals surface area contributed by atoms with E-state index in [4.69, 9.17) is 10.5 Å². The molecular weight excluding hydrogens is 259 g/mol. The molecule has 5 heteroatoms. The van der Waals surface area contributed by atoms with Gasteiger partial charge in [0.2, 0.25) is 0 Å². The van der Waals surface area contributed by atoms with E-state index in [9.17, 15) is 9.18 Å². The number of nitrogens with one attached hydrogen (secondary N) is 1. The second-order valence-electron chi connectivity index (χ2n) is 4.33. The minimum Gasteiger partial charge on any atom is -0.481 e. The molecule has 4 nitrogen and oxygen atoms in total. The summed E-state index contributed by atoms with van der Waals surface area (Å²) < 4.78 is 18.4. The van der Waals surface area contributed by atoms with Crippen molar-refractivity contribution in [3.05, 3.63) is 54.3 Å². The van der Waals surface area contributed by atoms with E-state index in [0.717, 1.165) is 0 Å². The van der Waals surface area contributed by atoms with Crippen LogP contribution in [0.3, 0.4) is 0 Å². The maximum Gasteiger partial charge on any atom is 0.265 e. The number of benzene rings is 2. The van der Waals surface area contributed by atoms with Crippen LogP contribution in [0.25, 0.3) is 0 Å². The highest BCUT2D eigenvalue weighted by Crippen LogP contribution is 2.16. The Bertz CT molecular complexity index is 616. The fourth-order valence-corrected chi connectivity index (χ4v) is 1.66. The Balaban J connectivity index is 1.98. The van der Waals surface area contributed by atoms with Crippen LogP contribution in [0, 0.1) is 5.82 Å². The van der Waals surface area contributed by atoms with Gasteiger partial charge in [-0.05, 0) is 37.3 Å². The molecule has 0 heterocycles. The summed E-state index contributed by atoms with van der Waals surface area (Å²) in [6.07, 6.45) is -0.752. The van der Waals surface area contributed by atoms with Crippen molar-refractivity contribution >= 4 is 17.3 Å². The number of rotatable bonds is 4. The number of hydrogen-bond acceptors (Lipinski definition) is 3. The molecule has 0 fully saturated rings. The summed E-state index contributed by atoms with van der Waals surface area (Å²) >= 11 is 0. The van der Waals surface area contributed by atoms with Gasteiger partial charge in [0, 0.05) is 17.4 Å². The molecule has 1 unspecified atom stereocenters. The number of halogens is 1. The first-order valence-corrected chi connectivity index (χ1v) is 6.13. The summed E-state index contributed by atoms with van der Waals surface area (Å²) in [5.41, 5.74) is 6.77. The minimum atomic E-state index is -0.752. The second kappa shape index (κ2) is 6.06. The molecular formula is C15H15FN2O2. The first kappa shape index (κ1) is 13.9. The number of ether oxygens (including phenoxy) is 1. The summed E-state index contributed by atoms with van der Waals surface area (Å²) in [5.74, 6) is -0.439. The van der Waals surface area contributed by atoms with Crippen molar-refractivity contribution in [3.63, 3.8) is 0 Å². The van der Waals surface area contributed by atoms with Gasteiger partial charge in [-0.25, -0.2) is 4.39 Å². The Morgan fingerprint density at radius 2 is 2.00 bits per heavy atom. The largest absolute Gasteiger partial charge is 0.481 e. The molecule has 2 aromatic rings. The maximum atomic E-state index is 13.0. The lowest BCUT2D eigenvalue weighted by atomic mass is 10.2. The first-order chi connectivity index (χ1) is 9.54. The van der Waals surface area contributed by atoms with E-state index in [0.29, 0.717) is 17.1 Å². The third-order valence-corrected chi connectivity index (χ3v) is 2.63. The van der Waals surface area contributed by atoms with Gasteiger partial charge in [0.15, 0.2) is 6.10 Å². The van der Waals surface area contributed by atoms with Gasteiger partial charge in [-0.3, -0.25) is 4.79 Å². The van der Waals surface area contributed by atoms with Crippen molar-refractivity contribution in [2.24, 2.45) is 0 Å². The van der Waals surface area contributed by atoms with Crippen LogP contribution in [0.15, 0.2) is 48.5 Å². The van der Waals surface area contributed by atoms with Gasteiger partial charge in [0.05, 0.1) is 0 Å². The molecule has 2 aromatic carbocycles. The fourth-order valence-electron chi connectivity index (χ4n) is 1.66. The van der Waals surface area contributed by atoms with Crippen molar-refractivity contribution in [1.29, 1.82) is 0 Å². The molecule has 0 aliphatic rings. The Morgan fingerprint density at radius 3 is 2.70 bits per heavy atom. The van der Waals surface area contributed by atoms with Gasteiger partial charge in [-0.15, -0.1) is 0 Å². The van der Waals surface area contributed by atoms with E-state index in [1.165, 1.54) is 18.2 Å². The summed E-state index contributed by atoms with van der Waals surface area (Å²) in [6, 6.07) is 12.5. The van der Waals surface area contributed by atoms with Crippen molar-refractivity contribution in [2.45, 2.75) is 13.0 Å². The predicted octanol–water partition coefficient (Wildman–Crippen LogP) is 2.81. The normalized spacial score (nSPS) is 11.7. The van der Waals surface area contributed by atoms with Crippen LogP contribution in [0.5, 0.6) is 5.75 Å². The molecule has 104 valence electrons. The number of nitrogen functional groups attached to an aromatic ring is 1. The highest BCUT2D eigenvalue weighted by atomic mass is 19.1. The third-order valence-electron chi connectivity index (χ3n) is 2.63. The Labute approximate surface area is 116 Å². The van der Waals surface area contributed by atoms with Crippen LogP contribution in [0.1, 0.15) is 6.92 Å². The van der Waals surface area contributed by atoms with Gasteiger partial charge in [-0.2, -0.15) is 0 Å². The molecule has 0 bridgehead atoms. The highest BCUT2D eigenvalue weighted by Gasteiger charge is 2.15. The lowest BCUT2D eigenvalue weighted by Gasteiger charge is -2.15. The van der Waals surface area contributed by atoms with Crippen molar-refractivity contribution in [2.75, 3.05) is 11.1 Å². The number of nitrogens with two attached hydrogens (primary N) is 1. The molecule has 0 aliphatic heterocycles. The number of amides is 1. The van der Waals surface area contributed by atoms with Crippen LogP contribution in [0.4, 0.5) is 15.8 Å². The maximum absolute atomic E-state index is 13.0. The zero-order chi connectivity index (χ0) is 14.5. The fraction of sp³-hybridized carbons (Fsp3) is 0.133. The summed E-state index contributed by atoms with van der Waals surface area (Å²) in [6.45, 7) is 1.59. The lowest BCUT2D eigenvalue weighted by Crippen LogP contribution is -2.30. The van der Waals surface area contributed by atoms with E-state index in [-0.39, 0.29) is 5.91 Å². The standard InChI is InChI=1S/C15H15FN2O2/c1-10(20-14-7-2-4-11(16)8-14)15(19)18-13-6-3-5-12(17)9-13/h2-10H,17H2,1H3,(H,18,19). The Hall–Kier alpha value is -2.56. The van der Waals surface area contributed by atoms with E-state index in [1.807, 2.05) is 0 Å². The summed E-state index contributed by atoms with van der Waals surface area (Å²) in [4.78, 5) is 11.9. The van der Waals surface area contributed by atoms with Gasteiger partial charge in [0.25, 0.3) is 5.91 Å². The van der Waals surface area contributed by atoms with Crippen LogP contribution in [-0.4, -0.2) is 12.0 Å². The monoisotopic (exact) mass is 274 g/mol. The van der Waals surface area contributed by atoms with Gasteiger partial charge >= 0.3 is 0 Å². The average molecular weight is 274 g/mol. The van der Waals surface area contributed by atoms with Crippen molar-refractivity contribution in [1.82, 2.24) is 0 Å². The molecule has 1 atom stereocenters. The molecule has 1 amide bonds. The lowest BCUT2D eigenvalue weighted by molar-refractivity contribution is -0.122. The smallest absolute Gasteiger partial charge is 0.265 e. The Kier molecular flexibility index (Phi) is 4.20. The molecule has 0 aromatic heterocycles. The van der Waals surface area contributed by atoms with Gasteiger partial charge in [0.1, 0.15) is 11.6 Å². The van der Waals surface area contributed by atoms with E-state index >= 15 is 0 Å². The minimum absolute atomic E-state index is 0.306. The van der Waals surface area contributed by atoms with Gasteiger partial charge in [-0.1, -0.05) is 12.1 Å². The number of carbonyl (C=O) groups is 1. The molecule has 3 N–H and O–H groups in total. The third kappa shape index (κ3) is 3.71. The molecule has 0 saturated carbocycles. The quantitative estimate of drug-likeness (QED) is 0.843. The Morgan fingerprint density at radius 1 is 1.25 bits per heavy atom. The SMILES string of the molecule is CC(Oc1cccc(F)c1)C(=O)Nc1cccc(N)c1. The molecule has 0 saturated heterocycles. The van der Waals surface area contributed by atoms with E-state index < -0.39 is 11.9 Å². The second-order valence-corrected chi connectivity index (χ2v) is 4.33. The van der Waals surface area contributed by atoms with Crippen molar-refractivity contribution in [3.8, 4) is 5.75 Å². The van der Waals surface area contributed by atoms with Gasteiger partial charge < -0.3 is 15.8 Å². The molecule has 2 rings (SSSR count). The summed E-state index contributed by atoms with van der Waals surface area (Å²) in [5, 5.41) is 2.68. The molecule has 0 aliphatic carbocycles. The van der Waals surface area contributed by atoms with E-state index in [1.54, 1.807) is 37.3 Å². The number of carbonyl (C=O) groups excluding carboxylic acids is 1. The molecule has 0 radical (unpaired) electrons. The topological polar surface area (TPSA) is 64.3 Å². The van der Waals surface area contributed by atoms with Crippen LogP contribution >= 0.6 is 0 Å². The first-order valence-electron chi connectivity index (χ1n) is 6.13. The zero-order valence-electron chi connectivity index (χ0n) is 11.0.